The van der Waals surface area contributed by atoms with E-state index in [9.17, 15) is 21.6 Å². The van der Waals surface area contributed by atoms with Crippen LogP contribution in [0.15, 0.2) is 23.1 Å². The molecule has 2 fully saturated rings. The Kier molecular flexibility index (Phi) is 9.28. The van der Waals surface area contributed by atoms with Gasteiger partial charge < -0.3 is 5.32 Å². The van der Waals surface area contributed by atoms with E-state index in [1.165, 1.54) is 17.8 Å². The zero-order chi connectivity index (χ0) is 29.4. The molecule has 8 nitrogen and oxygen atoms in total. The molecule has 5 rings (SSSR count). The number of fused-ring (bicyclic) bond motifs is 1. The Labute approximate surface area is 249 Å². The Morgan fingerprint density at radius 2 is 1.83 bits per heavy atom. The summed E-state index contributed by atoms with van der Waals surface area (Å²) in [5.74, 6) is 1.42. The number of amides is 1. The first-order valence-corrected chi connectivity index (χ1v) is 19.3. The normalized spacial score (nSPS) is 22.2. The topological polar surface area (TPSA) is 114 Å². The number of thiazole rings is 1. The second-order valence-electron chi connectivity index (χ2n) is 12.4. The van der Waals surface area contributed by atoms with E-state index in [-0.39, 0.29) is 41.5 Å². The van der Waals surface area contributed by atoms with E-state index in [0.29, 0.717) is 21.9 Å². The van der Waals surface area contributed by atoms with Crippen molar-refractivity contribution in [2.45, 2.75) is 95.5 Å². The fourth-order valence-corrected chi connectivity index (χ4v) is 10.6. The summed E-state index contributed by atoms with van der Waals surface area (Å²) in [6, 6.07) is 5.58. The van der Waals surface area contributed by atoms with Crippen LogP contribution in [0, 0.1) is 11.8 Å². The van der Waals surface area contributed by atoms with Crippen molar-refractivity contribution in [1.29, 1.82) is 0 Å². The molecule has 0 unspecified atom stereocenters. The molecule has 41 heavy (non-hydrogen) atoms. The van der Waals surface area contributed by atoms with Gasteiger partial charge in [-0.15, -0.1) is 11.3 Å². The van der Waals surface area contributed by atoms with E-state index in [0.717, 1.165) is 73.3 Å². The average molecular weight is 622 g/mol. The lowest BCUT2D eigenvalue weighted by molar-refractivity contribution is -0.115. The van der Waals surface area contributed by atoms with E-state index in [1.807, 2.05) is 6.07 Å². The Balaban J connectivity index is 1.26. The van der Waals surface area contributed by atoms with Crippen molar-refractivity contribution in [2.75, 3.05) is 29.1 Å². The Morgan fingerprint density at radius 3 is 2.49 bits per heavy atom. The van der Waals surface area contributed by atoms with Crippen molar-refractivity contribution in [1.82, 2.24) is 9.88 Å². The van der Waals surface area contributed by atoms with Crippen molar-refractivity contribution in [3.8, 4) is 0 Å². The zero-order valence-corrected chi connectivity index (χ0v) is 26.8. The van der Waals surface area contributed by atoms with Crippen molar-refractivity contribution in [3.63, 3.8) is 0 Å². The maximum Gasteiger partial charge on any atom is 0.230 e. The summed E-state index contributed by atoms with van der Waals surface area (Å²) in [4.78, 5) is 22.0. The van der Waals surface area contributed by atoms with Crippen LogP contribution in [0.1, 0.15) is 99.4 Å². The largest absolute Gasteiger partial charge is 0.302 e. The van der Waals surface area contributed by atoms with Gasteiger partial charge in [-0.05, 0) is 60.6 Å². The highest BCUT2D eigenvalue weighted by atomic mass is 32.2. The number of nitrogens with zero attached hydrogens (tertiary/aromatic N) is 2. The van der Waals surface area contributed by atoms with Gasteiger partial charge in [0.15, 0.2) is 15.0 Å². The van der Waals surface area contributed by atoms with Crippen molar-refractivity contribution in [2.24, 2.45) is 11.8 Å². The molecule has 11 heteroatoms. The Bertz CT molecular complexity index is 1460. The lowest BCUT2D eigenvalue weighted by atomic mass is 9.83. The summed E-state index contributed by atoms with van der Waals surface area (Å²) in [5.41, 5.74) is 2.72. The van der Waals surface area contributed by atoms with Gasteiger partial charge in [0.2, 0.25) is 5.91 Å². The first kappa shape index (κ1) is 30.6. The molecule has 1 aromatic carbocycles. The number of carbonyl (C=O) groups is 1. The first-order valence-electron chi connectivity index (χ1n) is 15.0. The molecule has 1 aliphatic carbocycles. The van der Waals surface area contributed by atoms with Crippen LogP contribution in [0.25, 0.3) is 0 Å². The average Bonchev–Trinajstić information content (AvgIpc) is 3.46. The van der Waals surface area contributed by atoms with Crippen LogP contribution >= 0.6 is 11.3 Å². The molecule has 1 aromatic heterocycles. The number of rotatable bonds is 9. The molecule has 1 saturated heterocycles. The minimum atomic E-state index is -3.34. The summed E-state index contributed by atoms with van der Waals surface area (Å²) in [7, 11) is -6.22. The second-order valence-corrected chi connectivity index (χ2v) is 18.0. The summed E-state index contributed by atoms with van der Waals surface area (Å²) >= 11 is 1.52. The molecule has 226 valence electrons. The summed E-state index contributed by atoms with van der Waals surface area (Å²) < 4.78 is 49.4. The fraction of sp³-hybridized carbons (Fsp3) is 0.667. The van der Waals surface area contributed by atoms with Gasteiger partial charge in [0, 0.05) is 18.0 Å². The van der Waals surface area contributed by atoms with Crippen LogP contribution in [-0.4, -0.2) is 56.4 Å². The van der Waals surface area contributed by atoms with Gasteiger partial charge >= 0.3 is 0 Å². The molecular formula is C30H43N3O5S3. The smallest absolute Gasteiger partial charge is 0.230 e. The highest BCUT2D eigenvalue weighted by Gasteiger charge is 2.38. The molecule has 0 radical (unpaired) electrons. The highest BCUT2D eigenvalue weighted by molar-refractivity contribution is 7.91. The minimum Gasteiger partial charge on any atom is -0.302 e. The molecule has 0 spiro atoms. The van der Waals surface area contributed by atoms with Gasteiger partial charge in [-0.25, -0.2) is 21.8 Å². The lowest BCUT2D eigenvalue weighted by Crippen LogP contribution is -2.35. The summed E-state index contributed by atoms with van der Waals surface area (Å²) in [5, 5.41) is 3.61. The number of sulfone groups is 2. The molecular weight excluding hydrogens is 579 g/mol. The maximum atomic E-state index is 13.1. The zero-order valence-electron chi connectivity index (χ0n) is 24.4. The Morgan fingerprint density at radius 1 is 1.12 bits per heavy atom. The third kappa shape index (κ3) is 7.05. The van der Waals surface area contributed by atoms with Gasteiger partial charge in [-0.3, -0.25) is 9.69 Å². The predicted molar refractivity (Wildman–Crippen MR) is 164 cm³/mol. The van der Waals surface area contributed by atoms with Gasteiger partial charge in [-0.1, -0.05) is 52.2 Å². The summed E-state index contributed by atoms with van der Waals surface area (Å²) in [6.07, 6.45) is 6.98. The van der Waals surface area contributed by atoms with Gasteiger partial charge in [0.25, 0.3) is 0 Å². The first-order chi connectivity index (χ1) is 19.5. The van der Waals surface area contributed by atoms with Crippen molar-refractivity contribution < 1.29 is 21.6 Å². The molecule has 2 aromatic rings. The molecule has 0 bridgehead atoms. The standard InChI is InChI=1S/C30H43N3O5S3/c1-4-41(37,38)26-11-10-22(16-24(26)23-8-6-5-7-9-23)17-27(34)31-30-32-28-25(39-30)19-33(29(28)20(2)3)18-21-12-14-40(35,36)15-13-21/h10-11,16,20-21,23,29H,4-9,12-15,17-19H2,1-3H3,(H,31,32,34)/t29-/m0/s1. The van der Waals surface area contributed by atoms with E-state index >= 15 is 0 Å². The molecule has 1 N–H and O–H groups in total. The van der Waals surface area contributed by atoms with E-state index in [1.54, 1.807) is 19.1 Å². The van der Waals surface area contributed by atoms with Gasteiger partial charge in [0.05, 0.1) is 40.3 Å². The van der Waals surface area contributed by atoms with Crippen molar-refractivity contribution in [3.05, 3.63) is 39.9 Å². The third-order valence-corrected chi connectivity index (χ3v) is 13.5. The number of anilines is 1. The van der Waals surface area contributed by atoms with Crippen LogP contribution in [0.5, 0.6) is 0 Å². The summed E-state index contributed by atoms with van der Waals surface area (Å²) in [6.45, 7) is 7.69. The number of carbonyl (C=O) groups excluding carboxylic acids is 1. The maximum absolute atomic E-state index is 13.1. The molecule has 3 heterocycles. The minimum absolute atomic E-state index is 0.0681. The van der Waals surface area contributed by atoms with E-state index < -0.39 is 19.7 Å². The van der Waals surface area contributed by atoms with E-state index in [4.69, 9.17) is 4.98 Å². The molecule has 1 atom stereocenters. The van der Waals surface area contributed by atoms with Crippen LogP contribution in [0.3, 0.4) is 0 Å². The van der Waals surface area contributed by atoms with Crippen LogP contribution in [-0.2, 0) is 37.4 Å². The number of nitrogens with one attached hydrogen (secondary N) is 1. The second kappa shape index (κ2) is 12.4. The van der Waals surface area contributed by atoms with Gasteiger partial charge in [0.1, 0.15) is 9.84 Å². The number of benzene rings is 1. The number of hydrogen-bond acceptors (Lipinski definition) is 8. The quantitative estimate of drug-likeness (QED) is 0.393. The van der Waals surface area contributed by atoms with Crippen LogP contribution in [0.2, 0.25) is 0 Å². The number of aromatic nitrogens is 1. The predicted octanol–water partition coefficient (Wildman–Crippen LogP) is 5.50. The van der Waals surface area contributed by atoms with Crippen LogP contribution in [0.4, 0.5) is 5.13 Å². The molecule has 1 amide bonds. The molecule has 1 saturated carbocycles. The number of hydrogen-bond donors (Lipinski definition) is 1. The lowest BCUT2D eigenvalue weighted by Gasteiger charge is -2.32. The monoisotopic (exact) mass is 621 g/mol. The highest BCUT2D eigenvalue weighted by Crippen LogP contribution is 2.43. The van der Waals surface area contributed by atoms with Crippen molar-refractivity contribution >= 4 is 42.1 Å². The van der Waals surface area contributed by atoms with E-state index in [2.05, 4.69) is 24.1 Å². The fourth-order valence-electron chi connectivity index (χ4n) is 6.81. The third-order valence-electron chi connectivity index (χ3n) is 8.99. The Hall–Kier alpha value is -1.82. The molecule has 2 aliphatic heterocycles. The SMILES string of the molecule is CCS(=O)(=O)c1ccc(CC(=O)Nc2nc3c(s2)CN(CC2CCS(=O)(=O)CC2)[C@H]3C(C)C)cc1C1CCCCC1. The van der Waals surface area contributed by atoms with Crippen LogP contribution < -0.4 is 5.32 Å². The van der Waals surface area contributed by atoms with Gasteiger partial charge in [-0.2, -0.15) is 0 Å². The molecule has 3 aliphatic rings.